The van der Waals surface area contributed by atoms with E-state index in [0.29, 0.717) is 5.82 Å². The van der Waals surface area contributed by atoms with E-state index in [1.165, 1.54) is 11.6 Å². The Hall–Kier alpha value is -2.63. The van der Waals surface area contributed by atoms with Gasteiger partial charge < -0.3 is 15.5 Å². The van der Waals surface area contributed by atoms with Crippen molar-refractivity contribution in [3.8, 4) is 0 Å². The van der Waals surface area contributed by atoms with E-state index in [1.807, 2.05) is 11.0 Å². The van der Waals surface area contributed by atoms with Crippen LogP contribution in [0.25, 0.3) is 0 Å². The van der Waals surface area contributed by atoms with E-state index < -0.39 is 0 Å². The summed E-state index contributed by atoms with van der Waals surface area (Å²) >= 11 is 0. The van der Waals surface area contributed by atoms with Gasteiger partial charge in [-0.3, -0.25) is 4.99 Å². The SMILES string of the molecule is CN=C(NCCCc1ccccc1)NC1CCN(c2ncccc2F)C1. The number of aryl methyl sites for hydroxylation is 1. The number of benzene rings is 1. The normalized spacial score (nSPS) is 17.4. The van der Waals surface area contributed by atoms with Crippen LogP contribution in [0.15, 0.2) is 53.7 Å². The molecule has 1 unspecified atom stereocenters. The van der Waals surface area contributed by atoms with Gasteiger partial charge in [-0.05, 0) is 37.0 Å². The fraction of sp³-hybridized carbons (Fsp3) is 0.400. The molecule has 0 aliphatic carbocycles. The van der Waals surface area contributed by atoms with Gasteiger partial charge in [0, 0.05) is 38.9 Å². The summed E-state index contributed by atoms with van der Waals surface area (Å²) < 4.78 is 13.9. The summed E-state index contributed by atoms with van der Waals surface area (Å²) in [6.45, 7) is 2.37. The van der Waals surface area contributed by atoms with Crippen LogP contribution >= 0.6 is 0 Å². The highest BCUT2D eigenvalue weighted by atomic mass is 19.1. The molecule has 0 saturated carbocycles. The predicted molar refractivity (Wildman–Crippen MR) is 104 cm³/mol. The molecule has 1 aromatic heterocycles. The number of halogens is 1. The summed E-state index contributed by atoms with van der Waals surface area (Å²) in [5.41, 5.74) is 1.35. The van der Waals surface area contributed by atoms with E-state index in [4.69, 9.17) is 0 Å². The minimum atomic E-state index is -0.267. The van der Waals surface area contributed by atoms with Crippen LogP contribution in [0.2, 0.25) is 0 Å². The van der Waals surface area contributed by atoms with Crippen LogP contribution in [-0.4, -0.2) is 43.7 Å². The van der Waals surface area contributed by atoms with Crippen molar-refractivity contribution in [1.29, 1.82) is 0 Å². The number of guanidine groups is 1. The van der Waals surface area contributed by atoms with Crippen LogP contribution in [0.3, 0.4) is 0 Å². The number of aliphatic imine (C=N–C) groups is 1. The van der Waals surface area contributed by atoms with Crippen molar-refractivity contribution >= 4 is 11.8 Å². The molecule has 2 heterocycles. The Morgan fingerprint density at radius 3 is 2.88 bits per heavy atom. The maximum absolute atomic E-state index is 13.9. The molecule has 1 saturated heterocycles. The first-order valence-corrected chi connectivity index (χ1v) is 9.13. The summed E-state index contributed by atoms with van der Waals surface area (Å²) in [5.74, 6) is 0.964. The first kappa shape index (κ1) is 18.2. The highest BCUT2D eigenvalue weighted by Gasteiger charge is 2.25. The highest BCUT2D eigenvalue weighted by molar-refractivity contribution is 5.80. The van der Waals surface area contributed by atoms with Gasteiger partial charge in [-0.2, -0.15) is 0 Å². The molecule has 1 atom stereocenters. The molecule has 6 heteroatoms. The molecule has 1 fully saturated rings. The van der Waals surface area contributed by atoms with Gasteiger partial charge in [-0.25, -0.2) is 9.37 Å². The molecule has 1 aromatic carbocycles. The van der Waals surface area contributed by atoms with Gasteiger partial charge in [0.25, 0.3) is 0 Å². The molecule has 0 spiro atoms. The van der Waals surface area contributed by atoms with Crippen LogP contribution in [-0.2, 0) is 6.42 Å². The van der Waals surface area contributed by atoms with Gasteiger partial charge in [-0.15, -0.1) is 0 Å². The van der Waals surface area contributed by atoms with Crippen molar-refractivity contribution < 1.29 is 4.39 Å². The van der Waals surface area contributed by atoms with Crippen molar-refractivity contribution in [2.45, 2.75) is 25.3 Å². The lowest BCUT2D eigenvalue weighted by Crippen LogP contribution is -2.45. The molecule has 138 valence electrons. The largest absolute Gasteiger partial charge is 0.356 e. The lowest BCUT2D eigenvalue weighted by atomic mass is 10.1. The smallest absolute Gasteiger partial charge is 0.191 e. The predicted octanol–water partition coefficient (Wildman–Crippen LogP) is 2.60. The van der Waals surface area contributed by atoms with Crippen LogP contribution in [0.4, 0.5) is 10.2 Å². The number of hydrogen-bond acceptors (Lipinski definition) is 3. The molecule has 2 N–H and O–H groups in total. The lowest BCUT2D eigenvalue weighted by Gasteiger charge is -2.20. The maximum Gasteiger partial charge on any atom is 0.191 e. The quantitative estimate of drug-likeness (QED) is 0.475. The van der Waals surface area contributed by atoms with E-state index in [-0.39, 0.29) is 11.9 Å². The molecule has 5 nitrogen and oxygen atoms in total. The third-order valence-electron chi connectivity index (χ3n) is 4.57. The second-order valence-electron chi connectivity index (χ2n) is 6.47. The Kier molecular flexibility index (Phi) is 6.41. The number of nitrogens with one attached hydrogen (secondary N) is 2. The average Bonchev–Trinajstić information content (AvgIpc) is 3.13. The number of nitrogens with zero attached hydrogens (tertiary/aromatic N) is 3. The maximum atomic E-state index is 13.9. The van der Waals surface area contributed by atoms with Gasteiger partial charge in [0.15, 0.2) is 17.6 Å². The molecule has 0 radical (unpaired) electrons. The zero-order valence-electron chi connectivity index (χ0n) is 15.2. The van der Waals surface area contributed by atoms with Gasteiger partial charge >= 0.3 is 0 Å². The van der Waals surface area contributed by atoms with Crippen LogP contribution in [0.5, 0.6) is 0 Å². The van der Waals surface area contributed by atoms with Crippen molar-refractivity contribution in [1.82, 2.24) is 15.6 Å². The molecule has 0 amide bonds. The Morgan fingerprint density at radius 1 is 1.27 bits per heavy atom. The zero-order valence-corrected chi connectivity index (χ0v) is 15.2. The van der Waals surface area contributed by atoms with Gasteiger partial charge in [0.2, 0.25) is 0 Å². The van der Waals surface area contributed by atoms with E-state index in [9.17, 15) is 4.39 Å². The Balaban J connectivity index is 1.42. The third-order valence-corrected chi connectivity index (χ3v) is 4.57. The molecule has 2 aromatic rings. The fourth-order valence-corrected chi connectivity index (χ4v) is 3.21. The van der Waals surface area contributed by atoms with E-state index in [1.54, 1.807) is 19.3 Å². The van der Waals surface area contributed by atoms with Gasteiger partial charge in [-0.1, -0.05) is 30.3 Å². The van der Waals surface area contributed by atoms with Crippen molar-refractivity contribution in [2.75, 3.05) is 31.6 Å². The molecule has 0 bridgehead atoms. The molecule has 26 heavy (non-hydrogen) atoms. The van der Waals surface area contributed by atoms with E-state index in [0.717, 1.165) is 44.9 Å². The second-order valence-corrected chi connectivity index (χ2v) is 6.47. The minimum absolute atomic E-state index is 0.233. The standard InChI is InChI=1S/C20H26FN5/c1-22-20(24-13-5-9-16-7-3-2-4-8-16)25-17-11-14-26(15-17)19-18(21)10-6-12-23-19/h2-4,6-8,10,12,17H,5,9,11,13-15H2,1H3,(H2,22,24,25). The van der Waals surface area contributed by atoms with Crippen LogP contribution in [0.1, 0.15) is 18.4 Å². The molecule has 1 aliphatic rings. The fourth-order valence-electron chi connectivity index (χ4n) is 3.21. The van der Waals surface area contributed by atoms with Crippen molar-refractivity contribution in [2.24, 2.45) is 4.99 Å². The van der Waals surface area contributed by atoms with E-state index in [2.05, 4.69) is 44.9 Å². The third kappa shape index (κ3) is 4.94. The number of rotatable bonds is 6. The number of hydrogen-bond donors (Lipinski definition) is 2. The Morgan fingerprint density at radius 2 is 2.12 bits per heavy atom. The van der Waals surface area contributed by atoms with Crippen molar-refractivity contribution in [3.63, 3.8) is 0 Å². The number of anilines is 1. The van der Waals surface area contributed by atoms with Crippen LogP contribution < -0.4 is 15.5 Å². The summed E-state index contributed by atoms with van der Waals surface area (Å²) in [5, 5.41) is 6.79. The topological polar surface area (TPSA) is 52.6 Å². The Bertz CT molecular complexity index is 719. The Labute approximate surface area is 154 Å². The second kappa shape index (κ2) is 9.17. The molecular weight excluding hydrogens is 329 g/mol. The molecule has 3 rings (SSSR count). The monoisotopic (exact) mass is 355 g/mol. The lowest BCUT2D eigenvalue weighted by molar-refractivity contribution is 0.612. The first-order chi connectivity index (χ1) is 12.8. The summed E-state index contributed by atoms with van der Waals surface area (Å²) in [4.78, 5) is 10.4. The highest BCUT2D eigenvalue weighted by Crippen LogP contribution is 2.20. The molecular formula is C20H26FN5. The van der Waals surface area contributed by atoms with Crippen LogP contribution in [0, 0.1) is 5.82 Å². The molecule has 1 aliphatic heterocycles. The van der Waals surface area contributed by atoms with Gasteiger partial charge in [0.1, 0.15) is 0 Å². The van der Waals surface area contributed by atoms with Crippen molar-refractivity contribution in [3.05, 3.63) is 60.0 Å². The van der Waals surface area contributed by atoms with E-state index >= 15 is 0 Å². The summed E-state index contributed by atoms with van der Waals surface area (Å²) in [7, 11) is 1.78. The summed E-state index contributed by atoms with van der Waals surface area (Å²) in [6.07, 6.45) is 4.65. The summed E-state index contributed by atoms with van der Waals surface area (Å²) in [6, 6.07) is 13.8. The number of aromatic nitrogens is 1. The van der Waals surface area contributed by atoms with Gasteiger partial charge in [0.05, 0.1) is 0 Å². The average molecular weight is 355 g/mol. The minimum Gasteiger partial charge on any atom is -0.356 e. The number of pyridine rings is 1. The first-order valence-electron chi connectivity index (χ1n) is 9.13. The zero-order chi connectivity index (χ0) is 18.2.